The van der Waals surface area contributed by atoms with Crippen LogP contribution in [0, 0.1) is 12.3 Å². The number of β-amino-alcohol motifs (C(OH)–C–C–N with tert-alkyl or cyclic N) is 1. The van der Waals surface area contributed by atoms with E-state index in [9.17, 15) is 24.3 Å². The van der Waals surface area contributed by atoms with Gasteiger partial charge in [0.2, 0.25) is 23.6 Å². The van der Waals surface area contributed by atoms with Crippen molar-refractivity contribution in [1.82, 2.24) is 20.5 Å². The van der Waals surface area contributed by atoms with E-state index in [1.807, 2.05) is 76.5 Å². The Bertz CT molecular complexity index is 1850. The first kappa shape index (κ1) is 51.3. The number of amides is 4. The number of hydrogen-bond donors (Lipinski definition) is 5. The van der Waals surface area contributed by atoms with Crippen LogP contribution >= 0.6 is 11.3 Å². The van der Waals surface area contributed by atoms with Gasteiger partial charge in [0.1, 0.15) is 18.7 Å². The van der Waals surface area contributed by atoms with E-state index >= 15 is 0 Å². The fourth-order valence-corrected chi connectivity index (χ4v) is 7.69. The molecule has 1 aromatic heterocycles. The first-order valence-corrected chi connectivity index (χ1v) is 22.6. The summed E-state index contributed by atoms with van der Waals surface area (Å²) in [6.45, 7) is 12.5. The van der Waals surface area contributed by atoms with E-state index in [-0.39, 0.29) is 69.7 Å². The minimum Gasteiger partial charge on any atom is -0.391 e. The number of nitrogens with one attached hydrogen (secondary N) is 2. The summed E-state index contributed by atoms with van der Waals surface area (Å²) in [7, 11) is 0. The second kappa shape index (κ2) is 26.5. The van der Waals surface area contributed by atoms with E-state index in [1.165, 1.54) is 10.5 Å². The number of aliphatic hydroxyl groups excluding tert-OH is 1. The van der Waals surface area contributed by atoms with Crippen molar-refractivity contribution in [2.45, 2.75) is 110 Å². The Kier molecular flexibility index (Phi) is 21.5. The number of aliphatic hydroxyl groups is 1. The zero-order valence-corrected chi connectivity index (χ0v) is 38.3. The predicted octanol–water partition coefficient (Wildman–Crippen LogP) is 3.42. The number of aromatic nitrogens is 1. The number of ether oxygens (including phenoxy) is 5. The molecule has 63 heavy (non-hydrogen) atoms. The zero-order chi connectivity index (χ0) is 45.8. The summed E-state index contributed by atoms with van der Waals surface area (Å²) in [6.07, 6.45) is 1.57. The highest BCUT2D eigenvalue weighted by Gasteiger charge is 2.44. The van der Waals surface area contributed by atoms with Crippen LogP contribution < -0.4 is 22.1 Å². The van der Waals surface area contributed by atoms with Gasteiger partial charge in [-0.15, -0.1) is 11.3 Å². The highest BCUT2D eigenvalue weighted by Crippen LogP contribution is 2.28. The van der Waals surface area contributed by atoms with Gasteiger partial charge < -0.3 is 55.8 Å². The number of benzene rings is 2. The number of carbonyl (C=O) groups is 4. The molecule has 2 heterocycles. The van der Waals surface area contributed by atoms with E-state index in [4.69, 9.17) is 35.2 Å². The highest BCUT2D eigenvalue weighted by atomic mass is 32.1. The van der Waals surface area contributed by atoms with Crippen molar-refractivity contribution in [2.24, 2.45) is 16.9 Å². The van der Waals surface area contributed by atoms with Crippen molar-refractivity contribution in [1.29, 1.82) is 0 Å². The van der Waals surface area contributed by atoms with E-state index in [1.54, 1.807) is 11.3 Å². The zero-order valence-electron chi connectivity index (χ0n) is 37.5. The molecule has 1 aliphatic heterocycles. The molecule has 348 valence electrons. The fraction of sp³-hybridized carbons (Fsp3) is 0.587. The summed E-state index contributed by atoms with van der Waals surface area (Å²) in [5, 5.41) is 16.2. The summed E-state index contributed by atoms with van der Waals surface area (Å²) < 4.78 is 28.2. The molecule has 16 nitrogen and oxygen atoms in total. The number of hydrogen-bond acceptors (Lipinski definition) is 13. The lowest BCUT2D eigenvalue weighted by Gasteiger charge is -2.35. The van der Waals surface area contributed by atoms with Crippen molar-refractivity contribution in [2.75, 3.05) is 59.4 Å². The van der Waals surface area contributed by atoms with E-state index in [0.717, 1.165) is 40.1 Å². The molecule has 4 rings (SSSR count). The molecule has 0 saturated carbocycles. The fourth-order valence-electron chi connectivity index (χ4n) is 6.88. The minimum atomic E-state index is -0.956. The maximum absolute atomic E-state index is 13.9. The van der Waals surface area contributed by atoms with E-state index in [0.29, 0.717) is 46.1 Å². The van der Waals surface area contributed by atoms with Crippen LogP contribution in [0.4, 0.5) is 0 Å². The third-order valence-electron chi connectivity index (χ3n) is 10.7. The van der Waals surface area contributed by atoms with Crippen LogP contribution in [0.2, 0.25) is 0 Å². The first-order valence-electron chi connectivity index (χ1n) is 21.7. The summed E-state index contributed by atoms with van der Waals surface area (Å²) in [5.74, 6) is -1.65. The largest absolute Gasteiger partial charge is 0.391 e. The van der Waals surface area contributed by atoms with Gasteiger partial charge in [0.25, 0.3) is 0 Å². The maximum atomic E-state index is 13.9. The van der Waals surface area contributed by atoms with Crippen LogP contribution in [0.3, 0.4) is 0 Å². The van der Waals surface area contributed by atoms with Gasteiger partial charge in [-0.1, -0.05) is 69.3 Å². The third-order valence-corrected chi connectivity index (χ3v) is 11.7. The van der Waals surface area contributed by atoms with Gasteiger partial charge in [0.05, 0.1) is 74.5 Å². The summed E-state index contributed by atoms with van der Waals surface area (Å²) in [4.78, 5) is 57.9. The summed E-state index contributed by atoms with van der Waals surface area (Å²) in [6, 6.07) is 14.0. The quantitative estimate of drug-likeness (QED) is 0.0662. The van der Waals surface area contributed by atoms with E-state index < -0.39 is 35.4 Å². The molecule has 0 spiro atoms. The molecule has 3 aromatic rings. The number of nitrogens with two attached hydrogens (primary N) is 2. The van der Waals surface area contributed by atoms with Crippen molar-refractivity contribution in [3.63, 3.8) is 0 Å². The van der Waals surface area contributed by atoms with Crippen molar-refractivity contribution in [3.05, 3.63) is 76.4 Å². The lowest BCUT2D eigenvalue weighted by atomic mass is 9.85. The Balaban J connectivity index is 1.03. The normalized spacial score (nSPS) is 16.7. The molecule has 0 bridgehead atoms. The molecular formula is C46H68N6O10S. The molecule has 1 saturated heterocycles. The van der Waals surface area contributed by atoms with Crippen LogP contribution in [-0.2, 0) is 62.4 Å². The van der Waals surface area contributed by atoms with Gasteiger partial charge in [-0.25, -0.2) is 4.98 Å². The summed E-state index contributed by atoms with van der Waals surface area (Å²) in [5.41, 5.74) is 17.6. The number of carbonyl (C=O) groups excluding carboxylic acids is 4. The van der Waals surface area contributed by atoms with Crippen LogP contribution in [-0.4, -0.2) is 128 Å². The van der Waals surface area contributed by atoms with Crippen LogP contribution in [0.25, 0.3) is 10.4 Å². The minimum absolute atomic E-state index is 0.0119. The molecule has 4 amide bonds. The van der Waals surface area contributed by atoms with Crippen LogP contribution in [0.1, 0.15) is 75.8 Å². The molecule has 1 fully saturated rings. The lowest BCUT2D eigenvalue weighted by Crippen LogP contribution is -2.58. The second-order valence-corrected chi connectivity index (χ2v) is 17.8. The monoisotopic (exact) mass is 896 g/mol. The average molecular weight is 897 g/mol. The highest BCUT2D eigenvalue weighted by molar-refractivity contribution is 7.13. The summed E-state index contributed by atoms with van der Waals surface area (Å²) >= 11 is 1.57. The Morgan fingerprint density at radius 2 is 1.51 bits per heavy atom. The molecule has 5 atom stereocenters. The van der Waals surface area contributed by atoms with Gasteiger partial charge in [0, 0.05) is 38.6 Å². The van der Waals surface area contributed by atoms with Gasteiger partial charge in [0.15, 0.2) is 0 Å². The first-order chi connectivity index (χ1) is 30.1. The Labute approximate surface area is 375 Å². The molecule has 1 unspecified atom stereocenters. The van der Waals surface area contributed by atoms with Crippen molar-refractivity contribution < 1.29 is 48.0 Å². The van der Waals surface area contributed by atoms with Crippen molar-refractivity contribution in [3.8, 4) is 10.4 Å². The molecule has 0 aliphatic carbocycles. The van der Waals surface area contributed by atoms with Crippen molar-refractivity contribution >= 4 is 35.0 Å². The number of nitrogens with zero attached hydrogens (tertiary/aromatic N) is 2. The Morgan fingerprint density at radius 1 is 0.905 bits per heavy atom. The number of likely N-dealkylation sites (tertiary alicyclic amines) is 1. The predicted molar refractivity (Wildman–Crippen MR) is 240 cm³/mol. The number of rotatable bonds is 28. The number of thiazole rings is 1. The molecule has 7 N–H and O–H groups in total. The van der Waals surface area contributed by atoms with Gasteiger partial charge in [-0.2, -0.15) is 0 Å². The standard InChI is InChI=1S/C46H68N6O10S/c1-31-42(63-30-50-31)36-14-12-34(13-15-36)26-49-44(56)39-25-37(53)27-52(39)45(57)43(46(3,4)5)51-41(55)29-61-24-23-60-22-21-59-20-19-58-18-6-7-33-8-10-35(11-9-33)28-62-32(2)38(47)16-17-40(48)54/h8-15,30,32,37-39,43,53H,6-7,16-29,47H2,1-5H3,(H2,48,54)(H,49,56)(H,51,55)/t32-,37-,38?,39+,43-/m1/s1. The van der Waals surface area contributed by atoms with Crippen LogP contribution in [0.5, 0.6) is 0 Å². The number of primary amides is 1. The molecular weight excluding hydrogens is 829 g/mol. The second-order valence-electron chi connectivity index (χ2n) is 16.9. The van der Waals surface area contributed by atoms with Crippen LogP contribution in [0.15, 0.2) is 54.0 Å². The Hall–Kier alpha value is -4.33. The Morgan fingerprint density at radius 3 is 2.11 bits per heavy atom. The average Bonchev–Trinajstić information content (AvgIpc) is 3.87. The maximum Gasteiger partial charge on any atom is 0.246 e. The lowest BCUT2D eigenvalue weighted by molar-refractivity contribution is -0.144. The van der Waals surface area contributed by atoms with E-state index in [2.05, 4.69) is 27.8 Å². The molecule has 1 aliphatic rings. The molecule has 0 radical (unpaired) electrons. The van der Waals surface area contributed by atoms with Gasteiger partial charge in [-0.05, 0) is 60.8 Å². The molecule has 17 heteroatoms. The third kappa shape index (κ3) is 18.0. The van der Waals surface area contributed by atoms with Gasteiger partial charge >= 0.3 is 0 Å². The SMILES string of the molecule is Cc1ncsc1-c1ccc(CNC(=O)[C@@H]2C[C@@H](O)CN2C(=O)[C@@H](NC(=O)COCCOCCOCCOCCCc2ccc(CO[C@H](C)C(N)CCC(N)=O)cc2)C(C)(C)C)cc1. The molecule has 2 aromatic carbocycles. The number of aryl methyl sites for hydroxylation is 2. The van der Waals surface area contributed by atoms with Gasteiger partial charge in [-0.3, -0.25) is 19.2 Å². The topological polar surface area (TPSA) is 227 Å². The smallest absolute Gasteiger partial charge is 0.246 e.